The topological polar surface area (TPSA) is 72.9 Å². The van der Waals surface area contributed by atoms with Crippen LogP contribution in [0.5, 0.6) is 5.75 Å². The van der Waals surface area contributed by atoms with Gasteiger partial charge >= 0.3 is 11.9 Å². The second kappa shape index (κ2) is 7.06. The molecule has 0 spiro atoms. The number of hydrogen-bond donors (Lipinski definition) is 0. The van der Waals surface area contributed by atoms with Crippen molar-refractivity contribution < 1.29 is 23.9 Å². The first-order valence-corrected chi connectivity index (χ1v) is 7.17. The monoisotopic (exact) mass is 305 g/mol. The van der Waals surface area contributed by atoms with E-state index in [1.54, 1.807) is 29.2 Å². The first kappa shape index (κ1) is 16.0. The number of ether oxygens (including phenoxy) is 2. The Bertz CT molecular complexity index is 566. The number of carbonyl (C=O) groups excluding carboxylic acids is 3. The summed E-state index contributed by atoms with van der Waals surface area (Å²) in [5, 5.41) is 0. The number of nitrogens with zero attached hydrogens (tertiary/aromatic N) is 1. The highest BCUT2D eigenvalue weighted by atomic mass is 16.5. The van der Waals surface area contributed by atoms with Gasteiger partial charge in [0.05, 0.1) is 13.0 Å². The molecular weight excluding hydrogens is 286 g/mol. The molecule has 0 N–H and O–H groups in total. The molecule has 1 atom stereocenters. The van der Waals surface area contributed by atoms with Crippen LogP contribution in [0.2, 0.25) is 0 Å². The van der Waals surface area contributed by atoms with E-state index in [2.05, 4.69) is 0 Å². The Balaban J connectivity index is 2.04. The van der Waals surface area contributed by atoms with E-state index in [1.165, 1.54) is 14.0 Å². The minimum Gasteiger partial charge on any atom is -0.469 e. The highest BCUT2D eigenvalue weighted by Gasteiger charge is 2.29. The summed E-state index contributed by atoms with van der Waals surface area (Å²) in [4.78, 5) is 36.6. The quantitative estimate of drug-likeness (QED) is 0.627. The fraction of sp³-hybridized carbons (Fsp3) is 0.438. The molecule has 1 amide bonds. The average molecular weight is 305 g/mol. The molecule has 0 bridgehead atoms. The molecule has 0 aliphatic carbocycles. The third kappa shape index (κ3) is 3.84. The van der Waals surface area contributed by atoms with Gasteiger partial charge in [-0.25, -0.2) is 0 Å². The minimum atomic E-state index is -0.406. The van der Waals surface area contributed by atoms with Gasteiger partial charge in [-0.3, -0.25) is 14.4 Å². The molecular formula is C16H19NO5. The van der Waals surface area contributed by atoms with Crippen LogP contribution in [0, 0.1) is 5.92 Å². The molecule has 6 nitrogen and oxygen atoms in total. The Morgan fingerprint density at radius 2 is 1.86 bits per heavy atom. The summed E-state index contributed by atoms with van der Waals surface area (Å²) in [5.41, 5.74) is 0.501. The number of likely N-dealkylation sites (tertiary alicyclic amines) is 1. The molecule has 1 fully saturated rings. The second-order valence-corrected chi connectivity index (χ2v) is 5.23. The van der Waals surface area contributed by atoms with Crippen molar-refractivity contribution in [3.63, 3.8) is 0 Å². The van der Waals surface area contributed by atoms with Crippen LogP contribution in [0.15, 0.2) is 24.3 Å². The summed E-state index contributed by atoms with van der Waals surface area (Å²) >= 11 is 0. The lowest BCUT2D eigenvalue weighted by Gasteiger charge is -2.31. The Morgan fingerprint density at radius 1 is 1.18 bits per heavy atom. The molecule has 118 valence electrons. The van der Waals surface area contributed by atoms with E-state index in [0.29, 0.717) is 24.4 Å². The maximum absolute atomic E-state index is 12.5. The van der Waals surface area contributed by atoms with Crippen LogP contribution in [0.1, 0.15) is 30.1 Å². The average Bonchev–Trinajstić information content (AvgIpc) is 2.53. The summed E-state index contributed by atoms with van der Waals surface area (Å²) in [5.74, 6) is -0.681. The molecule has 1 saturated heterocycles. The molecule has 1 aliphatic rings. The normalized spacial score (nSPS) is 17.7. The summed E-state index contributed by atoms with van der Waals surface area (Å²) in [6.07, 6.45) is 1.51. The summed E-state index contributed by atoms with van der Waals surface area (Å²) < 4.78 is 9.68. The van der Waals surface area contributed by atoms with Crippen LogP contribution in [0.4, 0.5) is 0 Å². The predicted molar refractivity (Wildman–Crippen MR) is 78.4 cm³/mol. The van der Waals surface area contributed by atoms with Crippen molar-refractivity contribution >= 4 is 17.8 Å². The van der Waals surface area contributed by atoms with Gasteiger partial charge in [0.2, 0.25) is 0 Å². The number of piperidine rings is 1. The van der Waals surface area contributed by atoms with Crippen molar-refractivity contribution in [2.75, 3.05) is 20.2 Å². The smallest absolute Gasteiger partial charge is 0.310 e. The third-order valence-corrected chi connectivity index (χ3v) is 3.61. The zero-order valence-corrected chi connectivity index (χ0v) is 12.7. The molecule has 1 unspecified atom stereocenters. The van der Waals surface area contributed by atoms with Crippen LogP contribution in [0.3, 0.4) is 0 Å². The van der Waals surface area contributed by atoms with Gasteiger partial charge in [-0.15, -0.1) is 0 Å². The van der Waals surface area contributed by atoms with Crippen molar-refractivity contribution in [2.24, 2.45) is 5.92 Å². The molecule has 0 aromatic heterocycles. The fourth-order valence-electron chi connectivity index (χ4n) is 2.53. The highest BCUT2D eigenvalue weighted by molar-refractivity contribution is 5.94. The Labute approximate surface area is 129 Å². The van der Waals surface area contributed by atoms with Crippen LogP contribution in [-0.4, -0.2) is 42.9 Å². The first-order valence-electron chi connectivity index (χ1n) is 7.17. The number of methoxy groups -OCH3 is 1. The van der Waals surface area contributed by atoms with Gasteiger partial charge in [-0.05, 0) is 37.1 Å². The van der Waals surface area contributed by atoms with E-state index in [-0.39, 0.29) is 17.8 Å². The lowest BCUT2D eigenvalue weighted by molar-refractivity contribution is -0.146. The van der Waals surface area contributed by atoms with E-state index in [0.717, 1.165) is 12.8 Å². The lowest BCUT2D eigenvalue weighted by atomic mass is 9.97. The van der Waals surface area contributed by atoms with E-state index >= 15 is 0 Å². The molecule has 2 rings (SSSR count). The van der Waals surface area contributed by atoms with E-state index < -0.39 is 5.97 Å². The molecule has 1 heterocycles. The molecule has 6 heteroatoms. The number of rotatable bonds is 3. The zero-order valence-electron chi connectivity index (χ0n) is 12.7. The third-order valence-electron chi connectivity index (χ3n) is 3.61. The first-order chi connectivity index (χ1) is 10.5. The van der Waals surface area contributed by atoms with Crippen molar-refractivity contribution in [3.05, 3.63) is 29.8 Å². The van der Waals surface area contributed by atoms with E-state index in [9.17, 15) is 14.4 Å². The summed E-state index contributed by atoms with van der Waals surface area (Å²) in [6.45, 7) is 2.31. The van der Waals surface area contributed by atoms with Crippen molar-refractivity contribution in [3.8, 4) is 5.75 Å². The van der Waals surface area contributed by atoms with Crippen molar-refractivity contribution in [1.29, 1.82) is 0 Å². The van der Waals surface area contributed by atoms with Crippen LogP contribution >= 0.6 is 0 Å². The van der Waals surface area contributed by atoms with Gasteiger partial charge in [0.25, 0.3) is 5.91 Å². The Kier molecular flexibility index (Phi) is 5.14. The van der Waals surface area contributed by atoms with Crippen LogP contribution < -0.4 is 4.74 Å². The van der Waals surface area contributed by atoms with E-state index in [1.807, 2.05) is 0 Å². The highest BCUT2D eigenvalue weighted by Crippen LogP contribution is 2.21. The largest absolute Gasteiger partial charge is 0.469 e. The van der Waals surface area contributed by atoms with Gasteiger partial charge < -0.3 is 14.4 Å². The summed E-state index contributed by atoms with van der Waals surface area (Å²) in [7, 11) is 1.36. The van der Waals surface area contributed by atoms with Gasteiger partial charge in [-0.2, -0.15) is 0 Å². The minimum absolute atomic E-state index is 0.136. The molecule has 1 aliphatic heterocycles. The van der Waals surface area contributed by atoms with Crippen LogP contribution in [-0.2, 0) is 14.3 Å². The lowest BCUT2D eigenvalue weighted by Crippen LogP contribution is -2.42. The standard InChI is InChI=1S/C16H19NO5/c1-11(18)22-14-7-5-12(6-8-14)15(19)17-9-3-4-13(10-17)16(20)21-2/h5-8,13H,3-4,9-10H2,1-2H3. The van der Waals surface area contributed by atoms with Crippen molar-refractivity contribution in [1.82, 2.24) is 4.90 Å². The maximum Gasteiger partial charge on any atom is 0.310 e. The number of benzene rings is 1. The molecule has 22 heavy (non-hydrogen) atoms. The number of carbonyl (C=O) groups is 3. The predicted octanol–water partition coefficient (Wildman–Crippen LogP) is 1.64. The Hall–Kier alpha value is -2.37. The number of esters is 2. The molecule has 1 aromatic rings. The molecule has 0 saturated carbocycles. The van der Waals surface area contributed by atoms with Crippen LogP contribution in [0.25, 0.3) is 0 Å². The van der Waals surface area contributed by atoms with E-state index in [4.69, 9.17) is 9.47 Å². The molecule has 0 radical (unpaired) electrons. The number of hydrogen-bond acceptors (Lipinski definition) is 5. The summed E-state index contributed by atoms with van der Waals surface area (Å²) in [6, 6.07) is 6.39. The van der Waals surface area contributed by atoms with Crippen molar-refractivity contribution in [2.45, 2.75) is 19.8 Å². The molecule has 1 aromatic carbocycles. The van der Waals surface area contributed by atoms with Gasteiger partial charge in [0.1, 0.15) is 5.75 Å². The second-order valence-electron chi connectivity index (χ2n) is 5.23. The van der Waals surface area contributed by atoms with Gasteiger partial charge in [0, 0.05) is 25.6 Å². The zero-order chi connectivity index (χ0) is 16.1. The van der Waals surface area contributed by atoms with Gasteiger partial charge in [0.15, 0.2) is 0 Å². The van der Waals surface area contributed by atoms with Gasteiger partial charge in [-0.1, -0.05) is 0 Å². The Morgan fingerprint density at radius 3 is 2.45 bits per heavy atom. The SMILES string of the molecule is COC(=O)C1CCCN(C(=O)c2ccc(OC(C)=O)cc2)C1. The number of amides is 1. The fourth-order valence-corrected chi connectivity index (χ4v) is 2.53. The maximum atomic E-state index is 12.5.